The van der Waals surface area contributed by atoms with Crippen LogP contribution in [-0.2, 0) is 4.79 Å². The molecular formula is C14H16F2N2O2. The van der Waals surface area contributed by atoms with Crippen molar-refractivity contribution in [2.75, 3.05) is 13.1 Å². The summed E-state index contributed by atoms with van der Waals surface area (Å²) in [6, 6.07) is 5.88. The van der Waals surface area contributed by atoms with Crippen LogP contribution in [0.5, 0.6) is 5.75 Å². The van der Waals surface area contributed by atoms with E-state index >= 15 is 0 Å². The van der Waals surface area contributed by atoms with Gasteiger partial charge in [0.2, 0.25) is 5.91 Å². The third-order valence-corrected chi connectivity index (χ3v) is 2.47. The first kappa shape index (κ1) is 15.9. The predicted molar refractivity (Wildman–Crippen MR) is 71.3 cm³/mol. The van der Waals surface area contributed by atoms with Gasteiger partial charge in [0.15, 0.2) is 0 Å². The lowest BCUT2D eigenvalue weighted by Gasteiger charge is -2.15. The van der Waals surface area contributed by atoms with Crippen LogP contribution in [-0.4, -0.2) is 25.6 Å². The molecule has 1 aromatic carbocycles. The summed E-state index contributed by atoms with van der Waals surface area (Å²) in [4.78, 5) is 11.6. The lowest BCUT2D eigenvalue weighted by Crippen LogP contribution is -2.35. The van der Waals surface area contributed by atoms with Crippen molar-refractivity contribution in [2.24, 2.45) is 0 Å². The molecule has 0 saturated carbocycles. The summed E-state index contributed by atoms with van der Waals surface area (Å²) in [6.07, 6.45) is 5.04. The third kappa shape index (κ3) is 5.67. The molecule has 0 heterocycles. The minimum Gasteiger partial charge on any atom is -0.435 e. The first-order valence-corrected chi connectivity index (χ1v) is 6.01. The minimum atomic E-state index is -2.87. The highest BCUT2D eigenvalue weighted by Gasteiger charge is 2.11. The van der Waals surface area contributed by atoms with E-state index in [2.05, 4.69) is 21.3 Å². The van der Waals surface area contributed by atoms with Gasteiger partial charge in [-0.1, -0.05) is 18.1 Å². The summed E-state index contributed by atoms with van der Waals surface area (Å²) in [5, 5.41) is 5.48. The Balaban J connectivity index is 2.56. The molecule has 0 aliphatic rings. The molecule has 1 amide bonds. The van der Waals surface area contributed by atoms with Crippen LogP contribution in [0.3, 0.4) is 0 Å². The van der Waals surface area contributed by atoms with Crippen LogP contribution in [0.25, 0.3) is 0 Å². The molecule has 0 aliphatic carbocycles. The van der Waals surface area contributed by atoms with Gasteiger partial charge in [0.1, 0.15) is 5.75 Å². The number of ether oxygens (including phenoxy) is 1. The number of terminal acetylenes is 1. The Labute approximate surface area is 116 Å². The third-order valence-electron chi connectivity index (χ3n) is 2.47. The molecule has 0 fully saturated rings. The second-order valence-corrected chi connectivity index (χ2v) is 4.05. The number of hydrogen-bond donors (Lipinski definition) is 2. The van der Waals surface area contributed by atoms with E-state index in [9.17, 15) is 13.6 Å². The smallest absolute Gasteiger partial charge is 0.387 e. The maximum absolute atomic E-state index is 12.1. The van der Waals surface area contributed by atoms with Crippen LogP contribution in [0.4, 0.5) is 8.78 Å². The van der Waals surface area contributed by atoms with Crippen molar-refractivity contribution in [3.05, 3.63) is 29.8 Å². The highest BCUT2D eigenvalue weighted by Crippen LogP contribution is 2.20. The normalized spacial score (nSPS) is 11.8. The topological polar surface area (TPSA) is 50.4 Å². The van der Waals surface area contributed by atoms with Gasteiger partial charge in [-0.3, -0.25) is 10.1 Å². The van der Waals surface area contributed by atoms with E-state index in [-0.39, 0.29) is 24.2 Å². The van der Waals surface area contributed by atoms with Gasteiger partial charge in [0, 0.05) is 0 Å². The second kappa shape index (κ2) is 8.12. The molecular weight excluding hydrogens is 266 g/mol. The second-order valence-electron chi connectivity index (χ2n) is 4.05. The van der Waals surface area contributed by atoms with Gasteiger partial charge in [-0.05, 0) is 24.6 Å². The summed E-state index contributed by atoms with van der Waals surface area (Å²) in [7, 11) is 0. The fourth-order valence-corrected chi connectivity index (χ4v) is 1.58. The van der Waals surface area contributed by atoms with E-state index in [1.165, 1.54) is 12.1 Å². The van der Waals surface area contributed by atoms with Gasteiger partial charge in [-0.2, -0.15) is 8.78 Å². The SMILES string of the molecule is C#CCNCC(=O)NC(C)c1cccc(OC(F)F)c1. The Bertz CT molecular complexity index is 486. The first-order chi connectivity index (χ1) is 9.52. The Kier molecular flexibility index (Phi) is 6.47. The van der Waals surface area contributed by atoms with Crippen molar-refractivity contribution in [3.63, 3.8) is 0 Å². The lowest BCUT2D eigenvalue weighted by molar-refractivity contribution is -0.120. The summed E-state index contributed by atoms with van der Waals surface area (Å²) in [6.45, 7) is -0.718. The molecule has 1 unspecified atom stereocenters. The number of rotatable bonds is 7. The largest absolute Gasteiger partial charge is 0.435 e. The Morgan fingerprint density at radius 3 is 2.90 bits per heavy atom. The number of carbonyl (C=O) groups is 1. The number of carbonyl (C=O) groups excluding carboxylic acids is 1. The maximum Gasteiger partial charge on any atom is 0.387 e. The number of alkyl halides is 2. The summed E-state index contributed by atoms with van der Waals surface area (Å²) >= 11 is 0. The van der Waals surface area contributed by atoms with Crippen LogP contribution in [0.2, 0.25) is 0 Å². The minimum absolute atomic E-state index is 0.0593. The summed E-state index contributed by atoms with van der Waals surface area (Å²) < 4.78 is 28.5. The van der Waals surface area contributed by atoms with Crippen LogP contribution < -0.4 is 15.4 Å². The lowest BCUT2D eigenvalue weighted by atomic mass is 10.1. The molecule has 0 saturated heterocycles. The van der Waals surface area contributed by atoms with E-state index in [0.717, 1.165) is 0 Å². The standard InChI is InChI=1S/C14H16F2N2O2/c1-3-7-17-9-13(19)18-10(2)11-5-4-6-12(8-11)20-14(15)16/h1,4-6,8,10,14,17H,7,9H2,2H3,(H,18,19). The number of nitrogens with one attached hydrogen (secondary N) is 2. The van der Waals surface area contributed by atoms with Crippen LogP contribution in [0.1, 0.15) is 18.5 Å². The summed E-state index contributed by atoms with van der Waals surface area (Å²) in [5.41, 5.74) is 0.674. The fourth-order valence-electron chi connectivity index (χ4n) is 1.58. The van der Waals surface area contributed by atoms with Crippen LogP contribution in [0, 0.1) is 12.3 Å². The number of benzene rings is 1. The highest BCUT2D eigenvalue weighted by molar-refractivity contribution is 5.78. The van der Waals surface area contributed by atoms with Crippen molar-refractivity contribution in [1.82, 2.24) is 10.6 Å². The number of amides is 1. The number of hydrogen-bond acceptors (Lipinski definition) is 3. The van der Waals surface area contributed by atoms with E-state index in [0.29, 0.717) is 12.1 Å². The fraction of sp³-hybridized carbons (Fsp3) is 0.357. The molecule has 2 N–H and O–H groups in total. The molecule has 0 aromatic heterocycles. The van der Waals surface area contributed by atoms with E-state index in [1.54, 1.807) is 19.1 Å². The Morgan fingerprint density at radius 2 is 2.25 bits per heavy atom. The van der Waals surface area contributed by atoms with Gasteiger partial charge >= 0.3 is 6.61 Å². The molecule has 0 spiro atoms. The van der Waals surface area contributed by atoms with Crippen molar-refractivity contribution in [2.45, 2.75) is 19.6 Å². The average molecular weight is 282 g/mol. The van der Waals surface area contributed by atoms with Gasteiger partial charge in [0.25, 0.3) is 0 Å². The van der Waals surface area contributed by atoms with Gasteiger partial charge in [0.05, 0.1) is 19.1 Å². The van der Waals surface area contributed by atoms with Crippen LogP contribution in [0.15, 0.2) is 24.3 Å². The first-order valence-electron chi connectivity index (χ1n) is 6.01. The van der Waals surface area contributed by atoms with Crippen molar-refractivity contribution >= 4 is 5.91 Å². The molecule has 0 aliphatic heterocycles. The van der Waals surface area contributed by atoms with E-state index in [4.69, 9.17) is 6.42 Å². The Hall–Kier alpha value is -2.13. The quantitative estimate of drug-likeness (QED) is 0.591. The van der Waals surface area contributed by atoms with Crippen LogP contribution >= 0.6 is 0 Å². The maximum atomic E-state index is 12.1. The summed E-state index contributed by atoms with van der Waals surface area (Å²) in [5.74, 6) is 2.19. The molecule has 1 aromatic rings. The predicted octanol–water partition coefficient (Wildman–Crippen LogP) is 1.69. The van der Waals surface area contributed by atoms with Gasteiger partial charge < -0.3 is 10.1 Å². The molecule has 1 atom stereocenters. The van der Waals surface area contributed by atoms with Crippen molar-refractivity contribution in [1.29, 1.82) is 0 Å². The zero-order valence-electron chi connectivity index (χ0n) is 11.0. The molecule has 0 radical (unpaired) electrons. The van der Waals surface area contributed by atoms with Crippen molar-refractivity contribution < 1.29 is 18.3 Å². The Morgan fingerprint density at radius 1 is 1.50 bits per heavy atom. The number of halogens is 2. The van der Waals surface area contributed by atoms with Crippen molar-refractivity contribution in [3.8, 4) is 18.1 Å². The molecule has 0 bridgehead atoms. The average Bonchev–Trinajstić information content (AvgIpc) is 2.38. The van der Waals surface area contributed by atoms with Gasteiger partial charge in [-0.25, -0.2) is 0 Å². The molecule has 6 heteroatoms. The highest BCUT2D eigenvalue weighted by atomic mass is 19.3. The van der Waals surface area contributed by atoms with E-state index in [1.807, 2.05) is 0 Å². The monoisotopic (exact) mass is 282 g/mol. The zero-order valence-corrected chi connectivity index (χ0v) is 11.0. The van der Waals surface area contributed by atoms with Gasteiger partial charge in [-0.15, -0.1) is 6.42 Å². The molecule has 20 heavy (non-hydrogen) atoms. The van der Waals surface area contributed by atoms with E-state index < -0.39 is 6.61 Å². The molecule has 4 nitrogen and oxygen atoms in total. The zero-order chi connectivity index (χ0) is 15.0. The molecule has 1 rings (SSSR count). The molecule has 108 valence electrons.